The fourth-order valence-electron chi connectivity index (χ4n) is 1.94. The van der Waals surface area contributed by atoms with Crippen molar-refractivity contribution in [2.24, 2.45) is 0 Å². The Morgan fingerprint density at radius 3 is 2.81 bits per heavy atom. The Kier molecular flexibility index (Phi) is 3.90. The molecule has 7 heteroatoms. The van der Waals surface area contributed by atoms with Gasteiger partial charge in [-0.25, -0.2) is 9.67 Å². The first-order chi connectivity index (χ1) is 10.3. The number of hydrogen-bond acceptors (Lipinski definition) is 6. The zero-order valence-corrected chi connectivity index (χ0v) is 11.7. The molecule has 2 heterocycles. The van der Waals surface area contributed by atoms with Crippen LogP contribution in [0, 0.1) is 0 Å². The molecular weight excluding hydrogens is 268 g/mol. The summed E-state index contributed by atoms with van der Waals surface area (Å²) in [4.78, 5) is 8.23. The Morgan fingerprint density at radius 1 is 1.24 bits per heavy atom. The minimum atomic E-state index is 0.513. The summed E-state index contributed by atoms with van der Waals surface area (Å²) in [6, 6.07) is 7.88. The van der Waals surface area contributed by atoms with Gasteiger partial charge in [0.05, 0.1) is 12.2 Å². The first-order valence-electron chi connectivity index (χ1n) is 6.85. The van der Waals surface area contributed by atoms with Gasteiger partial charge in [-0.2, -0.15) is 10.1 Å². The highest BCUT2D eigenvalue weighted by atomic mass is 16.5. The first kappa shape index (κ1) is 13.3. The molecule has 3 aromatic rings. The fraction of sp³-hybridized carbons (Fsp3) is 0.286. The molecule has 0 aliphatic rings. The van der Waals surface area contributed by atoms with Gasteiger partial charge in [0.2, 0.25) is 5.89 Å². The van der Waals surface area contributed by atoms with E-state index in [1.165, 1.54) is 6.33 Å². The SMILES string of the molecule is CCCc1noc(CNc2ccc(-n3cncn3)cc2)n1. The average molecular weight is 284 g/mol. The lowest BCUT2D eigenvalue weighted by Crippen LogP contribution is -2.01. The Labute approximate surface area is 122 Å². The number of nitrogens with zero attached hydrogens (tertiary/aromatic N) is 5. The van der Waals surface area contributed by atoms with Gasteiger partial charge < -0.3 is 9.84 Å². The summed E-state index contributed by atoms with van der Waals surface area (Å²) < 4.78 is 6.88. The van der Waals surface area contributed by atoms with E-state index in [0.29, 0.717) is 12.4 Å². The standard InChI is InChI=1S/C14H16N6O/c1-2-3-13-18-14(21-19-13)8-16-11-4-6-12(7-5-11)20-10-15-9-17-20/h4-7,9-10,16H,2-3,8H2,1H3. The van der Waals surface area contributed by atoms with Gasteiger partial charge in [-0.15, -0.1) is 0 Å². The Hall–Kier alpha value is -2.70. The van der Waals surface area contributed by atoms with Gasteiger partial charge in [0, 0.05) is 12.1 Å². The number of hydrogen-bond donors (Lipinski definition) is 1. The van der Waals surface area contributed by atoms with Crippen LogP contribution in [0.2, 0.25) is 0 Å². The maximum absolute atomic E-state index is 5.18. The van der Waals surface area contributed by atoms with Crippen molar-refractivity contribution in [1.82, 2.24) is 24.9 Å². The summed E-state index contributed by atoms with van der Waals surface area (Å²) in [5, 5.41) is 11.3. The van der Waals surface area contributed by atoms with Crippen LogP contribution in [0.3, 0.4) is 0 Å². The van der Waals surface area contributed by atoms with Gasteiger partial charge in [-0.3, -0.25) is 0 Å². The second-order valence-electron chi connectivity index (χ2n) is 4.59. The van der Waals surface area contributed by atoms with Crippen molar-refractivity contribution in [3.05, 3.63) is 48.6 Å². The predicted octanol–water partition coefficient (Wildman–Crippen LogP) is 2.21. The van der Waals surface area contributed by atoms with Crippen LogP contribution in [0.4, 0.5) is 5.69 Å². The van der Waals surface area contributed by atoms with Crippen LogP contribution in [-0.4, -0.2) is 24.9 Å². The van der Waals surface area contributed by atoms with Gasteiger partial charge in [0.15, 0.2) is 5.82 Å². The molecule has 0 saturated carbocycles. The van der Waals surface area contributed by atoms with E-state index in [1.807, 2.05) is 24.3 Å². The van der Waals surface area contributed by atoms with Crippen molar-refractivity contribution in [1.29, 1.82) is 0 Å². The van der Waals surface area contributed by atoms with E-state index in [1.54, 1.807) is 11.0 Å². The third kappa shape index (κ3) is 3.25. The molecule has 0 bridgehead atoms. The van der Waals surface area contributed by atoms with Crippen molar-refractivity contribution >= 4 is 5.69 Å². The average Bonchev–Trinajstić information content (AvgIpc) is 3.18. The molecule has 1 N–H and O–H groups in total. The summed E-state index contributed by atoms with van der Waals surface area (Å²) in [6.45, 7) is 2.60. The minimum absolute atomic E-state index is 0.513. The fourth-order valence-corrected chi connectivity index (χ4v) is 1.94. The molecule has 0 atom stereocenters. The molecule has 3 rings (SSSR count). The lowest BCUT2D eigenvalue weighted by Gasteiger charge is -2.05. The molecule has 0 radical (unpaired) electrons. The molecule has 2 aromatic heterocycles. The highest BCUT2D eigenvalue weighted by Crippen LogP contribution is 2.13. The maximum Gasteiger partial charge on any atom is 0.245 e. The van der Waals surface area contributed by atoms with Crippen molar-refractivity contribution in [3.63, 3.8) is 0 Å². The van der Waals surface area contributed by atoms with Crippen molar-refractivity contribution in [2.45, 2.75) is 26.3 Å². The number of aromatic nitrogens is 5. The van der Waals surface area contributed by atoms with E-state index in [-0.39, 0.29) is 0 Å². The molecule has 108 valence electrons. The number of aryl methyl sites for hydroxylation is 1. The number of benzene rings is 1. The van der Waals surface area contributed by atoms with Crippen LogP contribution >= 0.6 is 0 Å². The van der Waals surface area contributed by atoms with E-state index in [0.717, 1.165) is 30.0 Å². The topological polar surface area (TPSA) is 81.7 Å². The summed E-state index contributed by atoms with van der Waals surface area (Å²) in [6.07, 6.45) is 5.03. The summed E-state index contributed by atoms with van der Waals surface area (Å²) in [5.41, 5.74) is 1.94. The van der Waals surface area contributed by atoms with E-state index >= 15 is 0 Å². The molecule has 0 aliphatic heterocycles. The Bertz CT molecular complexity index is 674. The first-order valence-corrected chi connectivity index (χ1v) is 6.85. The Balaban J connectivity index is 1.60. The Morgan fingerprint density at radius 2 is 2.10 bits per heavy atom. The van der Waals surface area contributed by atoms with Crippen LogP contribution in [0.15, 0.2) is 41.4 Å². The van der Waals surface area contributed by atoms with Crippen LogP contribution < -0.4 is 5.32 Å². The van der Waals surface area contributed by atoms with Crippen LogP contribution in [-0.2, 0) is 13.0 Å². The van der Waals surface area contributed by atoms with Gasteiger partial charge >= 0.3 is 0 Å². The molecule has 21 heavy (non-hydrogen) atoms. The van der Waals surface area contributed by atoms with Gasteiger partial charge in [-0.05, 0) is 30.7 Å². The summed E-state index contributed by atoms with van der Waals surface area (Å²) >= 11 is 0. The van der Waals surface area contributed by atoms with Crippen LogP contribution in [0.25, 0.3) is 5.69 Å². The van der Waals surface area contributed by atoms with Crippen molar-refractivity contribution < 1.29 is 4.52 Å². The number of anilines is 1. The normalized spacial score (nSPS) is 10.7. The third-order valence-corrected chi connectivity index (χ3v) is 2.98. The highest BCUT2D eigenvalue weighted by molar-refractivity contribution is 5.48. The molecule has 0 aliphatic carbocycles. The van der Waals surface area contributed by atoms with Gasteiger partial charge in [-0.1, -0.05) is 12.1 Å². The largest absolute Gasteiger partial charge is 0.376 e. The molecule has 1 aromatic carbocycles. The summed E-state index contributed by atoms with van der Waals surface area (Å²) in [5.74, 6) is 1.36. The molecule has 0 saturated heterocycles. The van der Waals surface area contributed by atoms with E-state index in [4.69, 9.17) is 4.52 Å². The smallest absolute Gasteiger partial charge is 0.245 e. The third-order valence-electron chi connectivity index (χ3n) is 2.98. The molecule has 0 unspecified atom stereocenters. The monoisotopic (exact) mass is 284 g/mol. The lowest BCUT2D eigenvalue weighted by molar-refractivity contribution is 0.377. The lowest BCUT2D eigenvalue weighted by atomic mass is 10.3. The van der Waals surface area contributed by atoms with Crippen LogP contribution in [0.5, 0.6) is 0 Å². The quantitative estimate of drug-likeness (QED) is 0.747. The molecular formula is C14H16N6O. The predicted molar refractivity (Wildman–Crippen MR) is 77.0 cm³/mol. The number of nitrogens with one attached hydrogen (secondary N) is 1. The second-order valence-corrected chi connectivity index (χ2v) is 4.59. The second kappa shape index (κ2) is 6.17. The minimum Gasteiger partial charge on any atom is -0.376 e. The van der Waals surface area contributed by atoms with E-state index in [9.17, 15) is 0 Å². The van der Waals surface area contributed by atoms with Gasteiger partial charge in [0.25, 0.3) is 0 Å². The summed E-state index contributed by atoms with van der Waals surface area (Å²) in [7, 11) is 0. The maximum atomic E-state index is 5.18. The van der Waals surface area contributed by atoms with E-state index in [2.05, 4.69) is 32.5 Å². The molecule has 7 nitrogen and oxygen atoms in total. The molecule has 0 amide bonds. The van der Waals surface area contributed by atoms with Crippen LogP contribution in [0.1, 0.15) is 25.1 Å². The van der Waals surface area contributed by atoms with E-state index < -0.39 is 0 Å². The van der Waals surface area contributed by atoms with Gasteiger partial charge in [0.1, 0.15) is 12.7 Å². The molecule has 0 fully saturated rings. The zero-order valence-electron chi connectivity index (χ0n) is 11.7. The zero-order chi connectivity index (χ0) is 14.5. The molecule has 0 spiro atoms. The van der Waals surface area contributed by atoms with Crippen molar-refractivity contribution in [3.8, 4) is 5.69 Å². The number of rotatable bonds is 6. The highest BCUT2D eigenvalue weighted by Gasteiger charge is 2.05. The van der Waals surface area contributed by atoms with Crippen molar-refractivity contribution in [2.75, 3.05) is 5.32 Å².